The number of benzene rings is 2. The van der Waals surface area contributed by atoms with E-state index in [4.69, 9.17) is 5.11 Å². The standard InChI is InChI=1S/C17H20N2O2/c1-2-14(12-20)18-17(21)19-16-11-7-6-10-15(16)13-8-4-3-5-9-13/h3-11,14,20H,2,12H2,1H3,(H2,18,19,21). The summed E-state index contributed by atoms with van der Waals surface area (Å²) in [6.07, 6.45) is 0.685. The number of carbonyl (C=O) groups excluding carboxylic acids is 1. The van der Waals surface area contributed by atoms with Crippen LogP contribution in [-0.4, -0.2) is 23.8 Å². The zero-order chi connectivity index (χ0) is 15.1. The Morgan fingerprint density at radius 2 is 1.76 bits per heavy atom. The first-order valence-electron chi connectivity index (χ1n) is 7.07. The number of rotatable bonds is 5. The zero-order valence-corrected chi connectivity index (χ0v) is 12.0. The molecule has 0 spiro atoms. The molecule has 0 aliphatic rings. The third-order valence-electron chi connectivity index (χ3n) is 3.31. The van der Waals surface area contributed by atoms with Crippen LogP contribution in [0.4, 0.5) is 10.5 Å². The molecule has 0 radical (unpaired) electrons. The number of hydrogen-bond acceptors (Lipinski definition) is 2. The van der Waals surface area contributed by atoms with E-state index in [9.17, 15) is 4.79 Å². The van der Waals surface area contributed by atoms with Crippen LogP contribution in [0.1, 0.15) is 13.3 Å². The smallest absolute Gasteiger partial charge is 0.319 e. The highest BCUT2D eigenvalue weighted by molar-refractivity contribution is 5.94. The van der Waals surface area contributed by atoms with Crippen LogP contribution in [0.5, 0.6) is 0 Å². The zero-order valence-electron chi connectivity index (χ0n) is 12.0. The van der Waals surface area contributed by atoms with Gasteiger partial charge in [0.25, 0.3) is 0 Å². The van der Waals surface area contributed by atoms with Crippen molar-refractivity contribution in [3.63, 3.8) is 0 Å². The van der Waals surface area contributed by atoms with Crippen molar-refractivity contribution < 1.29 is 9.90 Å². The second-order valence-electron chi connectivity index (χ2n) is 4.80. The minimum atomic E-state index is -0.306. The Bertz CT molecular complexity index is 580. The first kappa shape index (κ1) is 15.1. The van der Waals surface area contributed by atoms with Crippen LogP contribution in [0.3, 0.4) is 0 Å². The van der Waals surface area contributed by atoms with Crippen molar-refractivity contribution in [2.24, 2.45) is 0 Å². The first-order valence-corrected chi connectivity index (χ1v) is 7.07. The molecule has 0 saturated carbocycles. The lowest BCUT2D eigenvalue weighted by molar-refractivity contribution is 0.222. The number of anilines is 1. The van der Waals surface area contributed by atoms with E-state index in [2.05, 4.69) is 10.6 Å². The molecule has 0 aromatic heterocycles. The Kier molecular flexibility index (Phi) is 5.35. The number of urea groups is 1. The van der Waals surface area contributed by atoms with Crippen LogP contribution >= 0.6 is 0 Å². The molecule has 1 unspecified atom stereocenters. The van der Waals surface area contributed by atoms with Gasteiger partial charge in [0.1, 0.15) is 0 Å². The number of nitrogens with one attached hydrogen (secondary N) is 2. The lowest BCUT2D eigenvalue weighted by Crippen LogP contribution is -2.39. The van der Waals surface area contributed by atoms with Crippen LogP contribution in [0.15, 0.2) is 54.6 Å². The minimum Gasteiger partial charge on any atom is -0.394 e. The second kappa shape index (κ2) is 7.45. The third kappa shape index (κ3) is 4.07. The maximum Gasteiger partial charge on any atom is 0.319 e. The molecule has 0 aliphatic heterocycles. The SMILES string of the molecule is CCC(CO)NC(=O)Nc1ccccc1-c1ccccc1. The van der Waals surface area contributed by atoms with E-state index in [1.165, 1.54) is 0 Å². The molecule has 2 aromatic carbocycles. The molecule has 0 saturated heterocycles. The van der Waals surface area contributed by atoms with Crippen molar-refractivity contribution in [3.05, 3.63) is 54.6 Å². The summed E-state index contributed by atoms with van der Waals surface area (Å²) in [7, 11) is 0. The van der Waals surface area contributed by atoms with E-state index in [1.54, 1.807) is 0 Å². The summed E-state index contributed by atoms with van der Waals surface area (Å²) in [6, 6.07) is 17.0. The van der Waals surface area contributed by atoms with Gasteiger partial charge in [-0.2, -0.15) is 0 Å². The normalized spacial score (nSPS) is 11.7. The minimum absolute atomic E-state index is 0.0652. The molecular formula is C17H20N2O2. The molecule has 3 N–H and O–H groups in total. The number of hydrogen-bond donors (Lipinski definition) is 3. The van der Waals surface area contributed by atoms with Gasteiger partial charge in [0.05, 0.1) is 18.3 Å². The summed E-state index contributed by atoms with van der Waals surface area (Å²) >= 11 is 0. The van der Waals surface area contributed by atoms with Gasteiger partial charge >= 0.3 is 6.03 Å². The van der Waals surface area contributed by atoms with Gasteiger partial charge in [-0.05, 0) is 18.1 Å². The highest BCUT2D eigenvalue weighted by Crippen LogP contribution is 2.27. The van der Waals surface area contributed by atoms with Crippen LogP contribution in [0.25, 0.3) is 11.1 Å². The van der Waals surface area contributed by atoms with Gasteiger partial charge in [0.15, 0.2) is 0 Å². The maximum absolute atomic E-state index is 12.0. The molecule has 4 heteroatoms. The molecule has 2 aromatic rings. The molecule has 1 atom stereocenters. The van der Waals surface area contributed by atoms with E-state index in [0.29, 0.717) is 6.42 Å². The van der Waals surface area contributed by atoms with Crippen molar-refractivity contribution in [3.8, 4) is 11.1 Å². The first-order chi connectivity index (χ1) is 10.2. The van der Waals surface area contributed by atoms with Gasteiger partial charge in [-0.3, -0.25) is 0 Å². The predicted molar refractivity (Wildman–Crippen MR) is 85.2 cm³/mol. The van der Waals surface area contributed by atoms with E-state index in [-0.39, 0.29) is 18.7 Å². The summed E-state index contributed by atoms with van der Waals surface area (Å²) in [5, 5.41) is 14.7. The quantitative estimate of drug-likeness (QED) is 0.789. The average Bonchev–Trinajstić information content (AvgIpc) is 2.54. The van der Waals surface area contributed by atoms with Crippen LogP contribution in [0, 0.1) is 0 Å². The lowest BCUT2D eigenvalue weighted by Gasteiger charge is -2.16. The molecule has 2 amide bonds. The van der Waals surface area contributed by atoms with Crippen molar-refractivity contribution in [1.29, 1.82) is 0 Å². The molecule has 4 nitrogen and oxygen atoms in total. The summed E-state index contributed by atoms with van der Waals surface area (Å²) in [5.41, 5.74) is 2.75. The monoisotopic (exact) mass is 284 g/mol. The number of aliphatic hydroxyl groups is 1. The molecule has 0 aliphatic carbocycles. The molecular weight excluding hydrogens is 264 g/mol. The van der Waals surface area contributed by atoms with Crippen molar-refractivity contribution in [2.75, 3.05) is 11.9 Å². The van der Waals surface area contributed by atoms with Gasteiger partial charge in [0, 0.05) is 5.56 Å². The number of aliphatic hydroxyl groups excluding tert-OH is 1. The average molecular weight is 284 g/mol. The second-order valence-corrected chi connectivity index (χ2v) is 4.80. The third-order valence-corrected chi connectivity index (χ3v) is 3.31. The highest BCUT2D eigenvalue weighted by atomic mass is 16.3. The highest BCUT2D eigenvalue weighted by Gasteiger charge is 2.11. The van der Waals surface area contributed by atoms with E-state index in [1.807, 2.05) is 61.5 Å². The van der Waals surface area contributed by atoms with E-state index >= 15 is 0 Å². The molecule has 0 heterocycles. The molecule has 0 bridgehead atoms. The van der Waals surface area contributed by atoms with Crippen molar-refractivity contribution in [2.45, 2.75) is 19.4 Å². The fraction of sp³-hybridized carbons (Fsp3) is 0.235. The van der Waals surface area contributed by atoms with Crippen LogP contribution in [-0.2, 0) is 0 Å². The Balaban J connectivity index is 2.16. The molecule has 2 rings (SSSR count). The Morgan fingerprint density at radius 1 is 1.10 bits per heavy atom. The van der Waals surface area contributed by atoms with Crippen LogP contribution in [0.2, 0.25) is 0 Å². The van der Waals surface area contributed by atoms with Crippen molar-refractivity contribution >= 4 is 11.7 Å². The molecule has 21 heavy (non-hydrogen) atoms. The summed E-state index contributed by atoms with van der Waals surface area (Å²) < 4.78 is 0. The number of carbonyl (C=O) groups is 1. The molecule has 0 fully saturated rings. The van der Waals surface area contributed by atoms with Gasteiger partial charge in [-0.1, -0.05) is 55.5 Å². The van der Waals surface area contributed by atoms with Gasteiger partial charge < -0.3 is 15.7 Å². The summed E-state index contributed by atoms with van der Waals surface area (Å²) in [5.74, 6) is 0. The lowest BCUT2D eigenvalue weighted by atomic mass is 10.0. The largest absolute Gasteiger partial charge is 0.394 e. The Labute approximate surface area is 124 Å². The van der Waals surface area contributed by atoms with E-state index < -0.39 is 0 Å². The van der Waals surface area contributed by atoms with Gasteiger partial charge in [-0.15, -0.1) is 0 Å². The number of amides is 2. The maximum atomic E-state index is 12.0. The summed E-state index contributed by atoms with van der Waals surface area (Å²) in [6.45, 7) is 1.85. The van der Waals surface area contributed by atoms with Crippen LogP contribution < -0.4 is 10.6 Å². The topological polar surface area (TPSA) is 61.4 Å². The van der Waals surface area contributed by atoms with Gasteiger partial charge in [0.2, 0.25) is 0 Å². The predicted octanol–water partition coefficient (Wildman–Crippen LogP) is 3.25. The van der Waals surface area contributed by atoms with Crippen molar-refractivity contribution in [1.82, 2.24) is 5.32 Å². The Morgan fingerprint density at radius 3 is 2.43 bits per heavy atom. The van der Waals surface area contributed by atoms with E-state index in [0.717, 1.165) is 16.8 Å². The fourth-order valence-corrected chi connectivity index (χ4v) is 2.08. The Hall–Kier alpha value is -2.33. The molecule has 110 valence electrons. The van der Waals surface area contributed by atoms with Gasteiger partial charge in [-0.25, -0.2) is 4.79 Å². The number of para-hydroxylation sites is 1. The fourth-order valence-electron chi connectivity index (χ4n) is 2.08. The summed E-state index contributed by atoms with van der Waals surface area (Å²) in [4.78, 5) is 12.0.